The number of amides is 2. The summed E-state index contributed by atoms with van der Waals surface area (Å²) in [6, 6.07) is 11.8. The fourth-order valence-electron chi connectivity index (χ4n) is 3.37. The predicted molar refractivity (Wildman–Crippen MR) is 109 cm³/mol. The number of carbonyl (C=O) groups is 1. The summed E-state index contributed by atoms with van der Waals surface area (Å²) >= 11 is 3.42. The second-order valence-electron chi connectivity index (χ2n) is 7.21. The summed E-state index contributed by atoms with van der Waals surface area (Å²) in [4.78, 5) is 15.0. The molecule has 2 aromatic rings. The van der Waals surface area contributed by atoms with E-state index in [4.69, 9.17) is 0 Å². The highest BCUT2D eigenvalue weighted by Crippen LogP contribution is 2.40. The van der Waals surface area contributed by atoms with Gasteiger partial charge in [0.05, 0.1) is 11.2 Å². The number of anilines is 2. The van der Waals surface area contributed by atoms with Crippen molar-refractivity contribution in [1.29, 1.82) is 0 Å². The van der Waals surface area contributed by atoms with Crippen molar-refractivity contribution in [3.05, 3.63) is 63.6 Å². The third kappa shape index (κ3) is 3.36. The molecule has 0 saturated carbocycles. The van der Waals surface area contributed by atoms with Gasteiger partial charge in [0.25, 0.3) is 0 Å². The minimum absolute atomic E-state index is 0.124. The van der Waals surface area contributed by atoms with Crippen LogP contribution in [0.3, 0.4) is 0 Å². The van der Waals surface area contributed by atoms with Crippen LogP contribution in [-0.2, 0) is 0 Å². The van der Waals surface area contributed by atoms with Crippen LogP contribution in [-0.4, -0.2) is 11.6 Å². The Morgan fingerprint density at radius 3 is 2.28 bits per heavy atom. The Balaban J connectivity index is 2.03. The Labute approximate surface area is 157 Å². The van der Waals surface area contributed by atoms with Gasteiger partial charge >= 0.3 is 6.03 Å². The topological polar surface area (TPSA) is 32.3 Å². The summed E-state index contributed by atoms with van der Waals surface area (Å²) in [7, 11) is 0. The van der Waals surface area contributed by atoms with Crippen LogP contribution in [0.25, 0.3) is 5.57 Å². The molecule has 4 heteroatoms. The molecule has 1 aliphatic heterocycles. The molecule has 0 unspecified atom stereocenters. The average Bonchev–Trinajstić information content (AvgIpc) is 2.51. The van der Waals surface area contributed by atoms with Gasteiger partial charge in [-0.1, -0.05) is 22.0 Å². The van der Waals surface area contributed by atoms with E-state index in [1.807, 2.05) is 29.2 Å². The normalized spacial score (nSPS) is 15.4. The first kappa shape index (κ1) is 17.7. The molecule has 0 bridgehead atoms. The van der Waals surface area contributed by atoms with Crippen molar-refractivity contribution >= 4 is 38.9 Å². The smallest absolute Gasteiger partial charge is 0.308 e. The van der Waals surface area contributed by atoms with Crippen LogP contribution in [0.4, 0.5) is 16.2 Å². The van der Waals surface area contributed by atoms with Gasteiger partial charge in [-0.25, -0.2) is 4.79 Å². The number of carbonyl (C=O) groups excluding carboxylic acids is 1. The fourth-order valence-corrected chi connectivity index (χ4v) is 3.63. The maximum Gasteiger partial charge on any atom is 0.327 e. The predicted octanol–water partition coefficient (Wildman–Crippen LogP) is 6.30. The van der Waals surface area contributed by atoms with Crippen molar-refractivity contribution in [2.45, 2.75) is 40.2 Å². The molecule has 130 valence electrons. The maximum atomic E-state index is 13.1. The van der Waals surface area contributed by atoms with Gasteiger partial charge in [-0.15, -0.1) is 0 Å². The summed E-state index contributed by atoms with van der Waals surface area (Å²) in [5.41, 5.74) is 6.08. The maximum absolute atomic E-state index is 13.1. The van der Waals surface area contributed by atoms with Crippen LogP contribution in [0, 0.1) is 13.8 Å². The van der Waals surface area contributed by atoms with Crippen molar-refractivity contribution in [2.24, 2.45) is 0 Å². The Bertz CT molecular complexity index is 866. The van der Waals surface area contributed by atoms with Gasteiger partial charge in [-0.05, 0) is 87.7 Å². The van der Waals surface area contributed by atoms with Crippen molar-refractivity contribution < 1.29 is 4.79 Å². The summed E-state index contributed by atoms with van der Waals surface area (Å²) in [5, 5.41) is 3.02. The van der Waals surface area contributed by atoms with E-state index in [0.717, 1.165) is 21.4 Å². The molecule has 1 N–H and O–H groups in total. The molecule has 0 fully saturated rings. The minimum Gasteiger partial charge on any atom is -0.308 e. The first-order valence-corrected chi connectivity index (χ1v) is 9.16. The van der Waals surface area contributed by atoms with E-state index in [-0.39, 0.29) is 6.03 Å². The molecular weight excluding hydrogens is 376 g/mol. The summed E-state index contributed by atoms with van der Waals surface area (Å²) < 4.78 is 0.985. The quantitative estimate of drug-likeness (QED) is 0.600. The SMILES string of the molecule is CC1=CC(C)(C)N(C(=O)Nc2ccc(Br)cc2)c2cc(C)c(C)cc21. The summed E-state index contributed by atoms with van der Waals surface area (Å²) in [5.74, 6) is 0. The number of halogens is 1. The molecule has 0 saturated heterocycles. The minimum atomic E-state index is -0.405. The van der Waals surface area contributed by atoms with E-state index >= 15 is 0 Å². The lowest BCUT2D eigenvalue weighted by Crippen LogP contribution is -2.50. The lowest BCUT2D eigenvalue weighted by atomic mass is 9.87. The first-order chi connectivity index (χ1) is 11.7. The highest BCUT2D eigenvalue weighted by Gasteiger charge is 2.36. The van der Waals surface area contributed by atoms with Gasteiger partial charge in [0, 0.05) is 15.7 Å². The number of benzene rings is 2. The van der Waals surface area contributed by atoms with Crippen molar-refractivity contribution in [2.75, 3.05) is 10.2 Å². The van der Waals surface area contributed by atoms with E-state index in [1.165, 1.54) is 16.7 Å². The van der Waals surface area contributed by atoms with Crippen LogP contribution in [0.2, 0.25) is 0 Å². The molecule has 3 rings (SSSR count). The van der Waals surface area contributed by atoms with E-state index in [0.29, 0.717) is 0 Å². The lowest BCUT2D eigenvalue weighted by molar-refractivity contribution is 0.253. The van der Waals surface area contributed by atoms with Crippen LogP contribution in [0.15, 0.2) is 46.9 Å². The zero-order valence-corrected chi connectivity index (χ0v) is 16.9. The first-order valence-electron chi connectivity index (χ1n) is 8.37. The molecule has 1 aliphatic rings. The molecule has 2 amide bonds. The molecular formula is C21H23BrN2O. The summed E-state index contributed by atoms with van der Waals surface area (Å²) in [6.07, 6.45) is 2.16. The van der Waals surface area contributed by atoms with E-state index < -0.39 is 5.54 Å². The van der Waals surface area contributed by atoms with Crippen LogP contribution >= 0.6 is 15.9 Å². The number of nitrogens with one attached hydrogen (secondary N) is 1. The van der Waals surface area contributed by atoms with Crippen LogP contribution in [0.5, 0.6) is 0 Å². The standard InChI is InChI=1S/C21H23BrN2O/c1-13-10-18-15(3)12-21(4,5)24(19(18)11-14(13)2)20(25)23-17-8-6-16(22)7-9-17/h6-12H,1-5H3,(H,23,25). The average molecular weight is 399 g/mol. The Kier molecular flexibility index (Phi) is 4.50. The monoisotopic (exact) mass is 398 g/mol. The number of fused-ring (bicyclic) bond motifs is 1. The van der Waals surface area contributed by atoms with E-state index in [2.05, 4.69) is 74.1 Å². The van der Waals surface area contributed by atoms with Gasteiger partial charge in [-0.2, -0.15) is 0 Å². The number of hydrogen-bond acceptors (Lipinski definition) is 1. The number of allylic oxidation sites excluding steroid dienone is 1. The molecule has 1 heterocycles. The Morgan fingerprint density at radius 1 is 1.04 bits per heavy atom. The number of aryl methyl sites for hydroxylation is 2. The van der Waals surface area contributed by atoms with Gasteiger partial charge in [0.1, 0.15) is 0 Å². The van der Waals surface area contributed by atoms with E-state index in [9.17, 15) is 4.79 Å². The van der Waals surface area contributed by atoms with Crippen molar-refractivity contribution in [1.82, 2.24) is 0 Å². The largest absolute Gasteiger partial charge is 0.327 e. The Morgan fingerprint density at radius 2 is 1.64 bits per heavy atom. The van der Waals surface area contributed by atoms with Gasteiger partial charge in [0.2, 0.25) is 0 Å². The Hall–Kier alpha value is -2.07. The highest BCUT2D eigenvalue weighted by atomic mass is 79.9. The molecule has 0 atom stereocenters. The third-order valence-electron chi connectivity index (χ3n) is 4.72. The van der Waals surface area contributed by atoms with Gasteiger partial charge in [0.15, 0.2) is 0 Å². The van der Waals surface area contributed by atoms with Crippen LogP contribution in [0.1, 0.15) is 37.5 Å². The lowest BCUT2D eigenvalue weighted by Gasteiger charge is -2.41. The molecule has 2 aromatic carbocycles. The van der Waals surface area contributed by atoms with E-state index in [1.54, 1.807) is 0 Å². The van der Waals surface area contributed by atoms with Crippen molar-refractivity contribution in [3.63, 3.8) is 0 Å². The van der Waals surface area contributed by atoms with Crippen molar-refractivity contribution in [3.8, 4) is 0 Å². The summed E-state index contributed by atoms with van der Waals surface area (Å²) in [6.45, 7) is 10.4. The second kappa shape index (κ2) is 6.34. The molecule has 0 aliphatic carbocycles. The van der Waals surface area contributed by atoms with Gasteiger partial charge in [-0.3, -0.25) is 4.90 Å². The number of urea groups is 1. The highest BCUT2D eigenvalue weighted by molar-refractivity contribution is 9.10. The van der Waals surface area contributed by atoms with Gasteiger partial charge < -0.3 is 5.32 Å². The third-order valence-corrected chi connectivity index (χ3v) is 5.25. The zero-order valence-electron chi connectivity index (χ0n) is 15.3. The zero-order chi connectivity index (χ0) is 18.4. The number of nitrogens with zero attached hydrogens (tertiary/aromatic N) is 1. The molecule has 25 heavy (non-hydrogen) atoms. The molecule has 0 aromatic heterocycles. The molecule has 0 spiro atoms. The fraction of sp³-hybridized carbons (Fsp3) is 0.286. The number of hydrogen-bond donors (Lipinski definition) is 1. The molecule has 3 nitrogen and oxygen atoms in total. The second-order valence-corrected chi connectivity index (χ2v) is 8.12. The number of rotatable bonds is 1. The molecule has 0 radical (unpaired) electrons. The van der Waals surface area contributed by atoms with Crippen LogP contribution < -0.4 is 10.2 Å².